The number of nitrogens with zero attached hydrogens (tertiary/aromatic N) is 3. The zero-order valence-corrected chi connectivity index (χ0v) is 11.3. The topological polar surface area (TPSA) is 114 Å². The molecule has 0 bridgehead atoms. The van der Waals surface area contributed by atoms with E-state index in [0.29, 0.717) is 4.90 Å². The molecule has 0 aromatic heterocycles. The Morgan fingerprint density at radius 3 is 2.29 bits per heavy atom. The van der Waals surface area contributed by atoms with Gasteiger partial charge in [0.15, 0.2) is 5.54 Å². The van der Waals surface area contributed by atoms with Crippen molar-refractivity contribution >= 4 is 17.7 Å². The highest BCUT2D eigenvalue weighted by atomic mass is 16.2. The lowest BCUT2D eigenvalue weighted by atomic mass is 9.98. The summed E-state index contributed by atoms with van der Waals surface area (Å²) in [5.41, 5.74) is 6.01. The van der Waals surface area contributed by atoms with E-state index in [-0.39, 0.29) is 24.0 Å². The normalized spacial score (nSPS) is 16.1. The largest absolute Gasteiger partial charge is 0.274 e. The first-order valence-electron chi connectivity index (χ1n) is 6.24. The third-order valence-corrected chi connectivity index (χ3v) is 3.36. The van der Waals surface area contributed by atoms with Crippen molar-refractivity contribution in [2.75, 3.05) is 0 Å². The molecular formula is C14H12N4O3. The number of hydrogen-bond donors (Lipinski definition) is 1. The maximum absolute atomic E-state index is 12.1. The lowest BCUT2D eigenvalue weighted by molar-refractivity contribution is -0.126. The fourth-order valence-electron chi connectivity index (χ4n) is 2.01. The zero-order valence-electron chi connectivity index (χ0n) is 11.3. The Morgan fingerprint density at radius 1 is 1.33 bits per heavy atom. The predicted octanol–water partition coefficient (Wildman–Crippen LogP) is 1.90. The molecule has 1 atom stereocenters. The third-order valence-electron chi connectivity index (χ3n) is 3.36. The third kappa shape index (κ3) is 2.43. The van der Waals surface area contributed by atoms with Crippen LogP contribution in [0.3, 0.4) is 0 Å². The van der Waals surface area contributed by atoms with Gasteiger partial charge in [0, 0.05) is 6.42 Å². The van der Waals surface area contributed by atoms with Crippen LogP contribution in [0.4, 0.5) is 0 Å². The van der Waals surface area contributed by atoms with Crippen molar-refractivity contribution in [2.45, 2.75) is 25.3 Å². The lowest BCUT2D eigenvalue weighted by Gasteiger charge is -2.16. The number of carbonyl (C=O) groups is 3. The Balaban J connectivity index is 2.16. The highest BCUT2D eigenvalue weighted by molar-refractivity contribution is 6.28. The molecule has 0 saturated carbocycles. The molecule has 1 N–H and O–H groups in total. The molecule has 21 heavy (non-hydrogen) atoms. The number of hydrogen-bond acceptors (Lipinski definition) is 6. The van der Waals surface area contributed by atoms with Crippen LogP contribution in [0.5, 0.6) is 0 Å². The fraction of sp³-hybridized carbons (Fsp3) is 0.286. The number of nitrogens with one attached hydrogen (secondary N) is 1. The molecule has 1 aromatic rings. The van der Waals surface area contributed by atoms with E-state index < -0.39 is 23.3 Å². The van der Waals surface area contributed by atoms with Gasteiger partial charge in [0.2, 0.25) is 5.91 Å². The van der Waals surface area contributed by atoms with Crippen molar-refractivity contribution in [3.63, 3.8) is 0 Å². The summed E-state index contributed by atoms with van der Waals surface area (Å²) in [5.74, 6) is -1.99. The van der Waals surface area contributed by atoms with Crippen molar-refractivity contribution in [3.8, 4) is 6.07 Å². The Bertz CT molecular complexity index is 657. The summed E-state index contributed by atoms with van der Waals surface area (Å²) in [6.07, 6.45) is -0.239. The molecule has 1 aliphatic rings. The zero-order chi connectivity index (χ0) is 15.6. The highest BCUT2D eigenvalue weighted by Crippen LogP contribution is 2.24. The van der Waals surface area contributed by atoms with Crippen LogP contribution in [0, 0.1) is 16.9 Å². The Labute approximate surface area is 120 Å². The monoisotopic (exact) mass is 284 g/mol. The molecule has 7 heteroatoms. The van der Waals surface area contributed by atoms with E-state index in [1.54, 1.807) is 12.1 Å². The van der Waals surface area contributed by atoms with Gasteiger partial charge in [-0.2, -0.15) is 10.4 Å². The molecule has 0 radical (unpaired) electrons. The summed E-state index contributed by atoms with van der Waals surface area (Å²) in [5, 5.41) is 12.0. The number of fused-ring (bicyclic) bond motifs is 1. The lowest BCUT2D eigenvalue weighted by Crippen LogP contribution is -2.37. The summed E-state index contributed by atoms with van der Waals surface area (Å²) in [7, 11) is 0. The molecule has 1 heterocycles. The summed E-state index contributed by atoms with van der Waals surface area (Å²) >= 11 is 0. The van der Waals surface area contributed by atoms with Gasteiger partial charge < -0.3 is 0 Å². The Morgan fingerprint density at radius 2 is 1.86 bits per heavy atom. The first kappa shape index (κ1) is 14.5. The van der Waals surface area contributed by atoms with E-state index in [0.717, 1.165) is 0 Å². The number of amides is 3. The van der Waals surface area contributed by atoms with Crippen LogP contribution in [-0.2, 0) is 4.79 Å². The van der Waals surface area contributed by atoms with Crippen LogP contribution in [0.1, 0.15) is 40.5 Å². The van der Waals surface area contributed by atoms with Gasteiger partial charge in [0.1, 0.15) is 0 Å². The van der Waals surface area contributed by atoms with E-state index >= 15 is 0 Å². The summed E-state index contributed by atoms with van der Waals surface area (Å²) < 4.78 is 0. The molecule has 3 amide bonds. The summed E-state index contributed by atoms with van der Waals surface area (Å²) in [6.45, 7) is 1.41. The van der Waals surface area contributed by atoms with E-state index in [2.05, 4.69) is 5.11 Å². The average molecular weight is 284 g/mol. The number of imide groups is 3. The molecule has 106 valence electrons. The molecule has 1 aliphatic heterocycles. The maximum atomic E-state index is 12.1. The predicted molar refractivity (Wildman–Crippen MR) is 70.3 cm³/mol. The quantitative estimate of drug-likeness (QED) is 0.671. The van der Waals surface area contributed by atoms with Crippen LogP contribution >= 0.6 is 0 Å². The second kappa shape index (κ2) is 5.25. The van der Waals surface area contributed by atoms with E-state index in [4.69, 9.17) is 10.8 Å². The highest BCUT2D eigenvalue weighted by Gasteiger charge is 2.40. The molecular weight excluding hydrogens is 272 g/mol. The van der Waals surface area contributed by atoms with Crippen LogP contribution in [0.25, 0.3) is 0 Å². The van der Waals surface area contributed by atoms with Crippen LogP contribution in [0.2, 0.25) is 0 Å². The summed E-state index contributed by atoms with van der Waals surface area (Å²) in [6, 6.07) is 8.02. The number of carbonyl (C=O) groups excluding carboxylic acids is 3. The second-order valence-electron chi connectivity index (χ2n) is 4.88. The van der Waals surface area contributed by atoms with Crippen molar-refractivity contribution in [3.05, 3.63) is 35.4 Å². The summed E-state index contributed by atoms with van der Waals surface area (Å²) in [4.78, 5) is 36.8. The van der Waals surface area contributed by atoms with Gasteiger partial charge >= 0.3 is 0 Å². The standard InChI is InChI=1S/C14H12N4O3/c1-14(8-15,17-16)7-6-11(19)18-12(20)9-4-2-3-5-10(9)13(18)21/h2-5,16H,6-7H2,1H3. The van der Waals surface area contributed by atoms with Gasteiger partial charge in [-0.05, 0) is 25.5 Å². The minimum atomic E-state index is -1.33. The van der Waals surface area contributed by atoms with Gasteiger partial charge in [0.05, 0.1) is 17.2 Å². The second-order valence-corrected chi connectivity index (χ2v) is 4.88. The van der Waals surface area contributed by atoms with Crippen molar-refractivity contribution < 1.29 is 14.4 Å². The van der Waals surface area contributed by atoms with E-state index in [1.807, 2.05) is 6.07 Å². The minimum absolute atomic E-state index is 0.0285. The molecule has 0 aliphatic carbocycles. The molecule has 2 rings (SSSR count). The SMILES string of the molecule is CC(C#N)(CCC(=O)N1C(=O)c2ccccc2C1=O)N=N. The molecule has 1 aromatic carbocycles. The van der Waals surface area contributed by atoms with Crippen LogP contribution in [0.15, 0.2) is 29.4 Å². The van der Waals surface area contributed by atoms with Gasteiger partial charge in [0.25, 0.3) is 11.8 Å². The van der Waals surface area contributed by atoms with Gasteiger partial charge in [-0.15, -0.1) is 0 Å². The van der Waals surface area contributed by atoms with Gasteiger partial charge in [-0.3, -0.25) is 14.4 Å². The number of rotatable bonds is 4. The maximum Gasteiger partial charge on any atom is 0.268 e. The van der Waals surface area contributed by atoms with Gasteiger partial charge in [-0.25, -0.2) is 10.4 Å². The van der Waals surface area contributed by atoms with Crippen LogP contribution in [-0.4, -0.2) is 28.2 Å². The van der Waals surface area contributed by atoms with Crippen LogP contribution < -0.4 is 0 Å². The van der Waals surface area contributed by atoms with Gasteiger partial charge in [-0.1, -0.05) is 12.1 Å². The molecule has 0 fully saturated rings. The fourth-order valence-corrected chi connectivity index (χ4v) is 2.01. The van der Waals surface area contributed by atoms with Crippen molar-refractivity contribution in [2.24, 2.45) is 5.11 Å². The number of benzene rings is 1. The Hall–Kier alpha value is -2.88. The first-order valence-corrected chi connectivity index (χ1v) is 6.24. The van der Waals surface area contributed by atoms with E-state index in [1.165, 1.54) is 19.1 Å². The smallest absolute Gasteiger partial charge is 0.268 e. The number of nitriles is 1. The molecule has 7 nitrogen and oxygen atoms in total. The van der Waals surface area contributed by atoms with Crippen molar-refractivity contribution in [1.82, 2.24) is 4.90 Å². The average Bonchev–Trinajstić information content (AvgIpc) is 2.77. The Kier molecular flexibility index (Phi) is 3.63. The molecule has 1 unspecified atom stereocenters. The van der Waals surface area contributed by atoms with E-state index in [9.17, 15) is 14.4 Å². The first-order chi connectivity index (χ1) is 9.93. The molecule has 0 spiro atoms. The molecule has 0 saturated heterocycles. The minimum Gasteiger partial charge on any atom is -0.274 e. The van der Waals surface area contributed by atoms with Crippen molar-refractivity contribution in [1.29, 1.82) is 10.8 Å².